The lowest BCUT2D eigenvalue weighted by Gasteiger charge is -2.21. The van der Waals surface area contributed by atoms with E-state index in [1.54, 1.807) is 22.7 Å². The first-order valence-corrected chi connectivity index (χ1v) is 7.07. The molecule has 3 aromatic rings. The molecule has 1 unspecified atom stereocenters. The van der Waals surface area contributed by atoms with Crippen molar-refractivity contribution in [1.82, 2.24) is 19.7 Å². The van der Waals surface area contributed by atoms with Crippen LogP contribution in [0.1, 0.15) is 27.7 Å². The summed E-state index contributed by atoms with van der Waals surface area (Å²) in [4.78, 5) is 19.9. The molecule has 0 saturated carbocycles. The molecular formula is C16H13F3N4O. The summed E-state index contributed by atoms with van der Waals surface area (Å²) in [5.41, 5.74) is 1.20. The number of fused-ring (bicyclic) bond motifs is 1. The van der Waals surface area contributed by atoms with Crippen molar-refractivity contribution in [2.45, 2.75) is 19.1 Å². The van der Waals surface area contributed by atoms with Gasteiger partial charge in [0.05, 0.1) is 0 Å². The number of alkyl halides is 3. The summed E-state index contributed by atoms with van der Waals surface area (Å²) in [7, 11) is 0. The van der Waals surface area contributed by atoms with Gasteiger partial charge in [0.2, 0.25) is 0 Å². The van der Waals surface area contributed by atoms with E-state index in [0.29, 0.717) is 5.65 Å². The van der Waals surface area contributed by atoms with Crippen molar-refractivity contribution in [1.29, 1.82) is 0 Å². The number of amides is 1. The molecule has 1 N–H and O–H groups in total. The Bertz CT molecular complexity index is 874. The maximum atomic E-state index is 13.3. The van der Waals surface area contributed by atoms with E-state index in [2.05, 4.69) is 9.97 Å². The van der Waals surface area contributed by atoms with Gasteiger partial charge in [-0.1, -0.05) is 12.1 Å². The molecule has 0 aliphatic rings. The molecule has 0 spiro atoms. The highest BCUT2D eigenvalue weighted by molar-refractivity contribution is 5.93. The quantitative estimate of drug-likeness (QED) is 0.801. The second-order valence-corrected chi connectivity index (χ2v) is 5.33. The molecule has 0 fully saturated rings. The molecule has 0 aliphatic carbocycles. The number of hydrogen-bond donors (Lipinski definition) is 1. The third-order valence-electron chi connectivity index (χ3n) is 3.45. The van der Waals surface area contributed by atoms with E-state index in [0.717, 1.165) is 11.8 Å². The number of nitrogens with zero attached hydrogens (tertiary/aromatic N) is 3. The number of nitrogens with one attached hydrogen (secondary N) is 1. The molecule has 1 amide bonds. The summed E-state index contributed by atoms with van der Waals surface area (Å²) in [5, 5.41) is 1.99. The van der Waals surface area contributed by atoms with E-state index >= 15 is 0 Å². The number of halogens is 3. The lowest BCUT2D eigenvalue weighted by molar-refractivity contribution is -0.155. The first kappa shape index (κ1) is 16.0. The minimum absolute atomic E-state index is 0.0845. The van der Waals surface area contributed by atoms with Crippen LogP contribution < -0.4 is 5.32 Å². The highest BCUT2D eigenvalue weighted by atomic mass is 19.4. The molecule has 24 heavy (non-hydrogen) atoms. The monoisotopic (exact) mass is 334 g/mol. The van der Waals surface area contributed by atoms with E-state index in [1.165, 1.54) is 24.5 Å². The molecule has 0 aromatic carbocycles. The number of carbonyl (C=O) groups is 1. The van der Waals surface area contributed by atoms with Crippen LogP contribution in [0.15, 0.2) is 49.1 Å². The van der Waals surface area contributed by atoms with Crippen LogP contribution in [-0.4, -0.2) is 26.5 Å². The Morgan fingerprint density at radius 1 is 1.25 bits per heavy atom. The topological polar surface area (TPSA) is 59.3 Å². The summed E-state index contributed by atoms with van der Waals surface area (Å²) in [6.07, 6.45) is 0.929. The van der Waals surface area contributed by atoms with E-state index in [1.807, 2.05) is 12.2 Å². The minimum atomic E-state index is -4.64. The fourth-order valence-corrected chi connectivity index (χ4v) is 2.32. The second kappa shape index (κ2) is 5.95. The Balaban J connectivity index is 1.90. The van der Waals surface area contributed by atoms with Crippen LogP contribution in [0.5, 0.6) is 0 Å². The molecule has 0 bridgehead atoms. The summed E-state index contributed by atoms with van der Waals surface area (Å²) >= 11 is 0. The minimum Gasteiger partial charge on any atom is -0.335 e. The lowest BCUT2D eigenvalue weighted by Crippen LogP contribution is -2.38. The number of rotatable bonds is 3. The summed E-state index contributed by atoms with van der Waals surface area (Å²) < 4.78 is 41.4. The Hall–Kier alpha value is -2.90. The molecule has 8 heteroatoms. The van der Waals surface area contributed by atoms with Crippen molar-refractivity contribution in [3.05, 3.63) is 65.9 Å². The molecule has 0 saturated heterocycles. The normalized spacial score (nSPS) is 13.0. The molecule has 0 radical (unpaired) electrons. The van der Waals surface area contributed by atoms with E-state index in [9.17, 15) is 18.0 Å². The van der Waals surface area contributed by atoms with E-state index in [4.69, 9.17) is 0 Å². The van der Waals surface area contributed by atoms with Gasteiger partial charge >= 0.3 is 6.18 Å². The molecule has 3 heterocycles. The van der Waals surface area contributed by atoms with Gasteiger partial charge in [-0.05, 0) is 24.6 Å². The van der Waals surface area contributed by atoms with Crippen molar-refractivity contribution < 1.29 is 18.0 Å². The first-order chi connectivity index (χ1) is 11.3. The predicted molar refractivity (Wildman–Crippen MR) is 80.4 cm³/mol. The van der Waals surface area contributed by atoms with Crippen LogP contribution in [0, 0.1) is 6.92 Å². The van der Waals surface area contributed by atoms with Gasteiger partial charge in [0.15, 0.2) is 6.04 Å². The van der Waals surface area contributed by atoms with Crippen molar-refractivity contribution in [2.75, 3.05) is 0 Å². The van der Waals surface area contributed by atoms with Crippen LogP contribution in [0.25, 0.3) is 5.65 Å². The van der Waals surface area contributed by atoms with Crippen LogP contribution in [0.3, 0.4) is 0 Å². The van der Waals surface area contributed by atoms with Crippen molar-refractivity contribution in [3.8, 4) is 0 Å². The Morgan fingerprint density at radius 2 is 2.04 bits per heavy atom. The van der Waals surface area contributed by atoms with E-state index in [-0.39, 0.29) is 11.3 Å². The lowest BCUT2D eigenvalue weighted by atomic mass is 10.1. The molecule has 5 nitrogen and oxygen atoms in total. The fraction of sp³-hybridized carbons (Fsp3) is 0.188. The van der Waals surface area contributed by atoms with Gasteiger partial charge in [-0.15, -0.1) is 0 Å². The Morgan fingerprint density at radius 3 is 2.71 bits per heavy atom. The second-order valence-electron chi connectivity index (χ2n) is 5.33. The standard InChI is InChI=1S/C16H13F3N4O/c1-10-4-5-13-21-12(9-23(13)8-10)15(24)22-14(16(17,18)19)11-3-2-6-20-7-11/h2-9,14H,1H3,(H,22,24). The number of aromatic nitrogens is 3. The number of hydrogen-bond acceptors (Lipinski definition) is 3. The maximum Gasteiger partial charge on any atom is 0.412 e. The Kier molecular flexibility index (Phi) is 3.96. The van der Waals surface area contributed by atoms with Crippen molar-refractivity contribution >= 4 is 11.6 Å². The number of carbonyl (C=O) groups excluding carboxylic acids is 1. The number of aryl methyl sites for hydroxylation is 1. The average Bonchev–Trinajstić information content (AvgIpc) is 2.95. The van der Waals surface area contributed by atoms with Crippen LogP contribution in [-0.2, 0) is 0 Å². The summed E-state index contributed by atoms with van der Waals surface area (Å²) in [6.45, 7) is 1.86. The van der Waals surface area contributed by atoms with Gasteiger partial charge in [0, 0.05) is 30.4 Å². The molecular weight excluding hydrogens is 321 g/mol. The average molecular weight is 334 g/mol. The smallest absolute Gasteiger partial charge is 0.335 e. The zero-order valence-corrected chi connectivity index (χ0v) is 12.6. The highest BCUT2D eigenvalue weighted by Crippen LogP contribution is 2.32. The number of pyridine rings is 2. The number of imidazole rings is 1. The molecule has 3 rings (SSSR count). The van der Waals surface area contributed by atoms with Gasteiger partial charge < -0.3 is 9.72 Å². The molecule has 1 atom stereocenters. The van der Waals surface area contributed by atoms with Crippen molar-refractivity contribution in [2.24, 2.45) is 0 Å². The third kappa shape index (κ3) is 3.22. The van der Waals surface area contributed by atoms with Crippen LogP contribution >= 0.6 is 0 Å². The summed E-state index contributed by atoms with van der Waals surface area (Å²) in [6, 6.07) is 3.99. The van der Waals surface area contributed by atoms with Gasteiger partial charge in [-0.2, -0.15) is 13.2 Å². The SMILES string of the molecule is Cc1ccc2nc(C(=O)NC(c3cccnc3)C(F)(F)F)cn2c1. The maximum absolute atomic E-state index is 13.3. The van der Waals surface area contributed by atoms with Gasteiger partial charge in [0.25, 0.3) is 5.91 Å². The zero-order valence-electron chi connectivity index (χ0n) is 12.6. The van der Waals surface area contributed by atoms with Gasteiger partial charge in [-0.25, -0.2) is 4.98 Å². The molecule has 0 aliphatic heterocycles. The van der Waals surface area contributed by atoms with E-state index < -0.39 is 18.1 Å². The highest BCUT2D eigenvalue weighted by Gasteiger charge is 2.42. The Labute approximate surface area is 135 Å². The summed E-state index contributed by atoms with van der Waals surface area (Å²) in [5.74, 6) is -0.900. The van der Waals surface area contributed by atoms with Gasteiger partial charge in [0.1, 0.15) is 11.3 Å². The largest absolute Gasteiger partial charge is 0.412 e. The van der Waals surface area contributed by atoms with Crippen LogP contribution in [0.4, 0.5) is 13.2 Å². The zero-order chi connectivity index (χ0) is 17.3. The fourth-order valence-electron chi connectivity index (χ4n) is 2.32. The van der Waals surface area contributed by atoms with Gasteiger partial charge in [-0.3, -0.25) is 9.78 Å². The first-order valence-electron chi connectivity index (χ1n) is 7.07. The third-order valence-corrected chi connectivity index (χ3v) is 3.45. The molecule has 124 valence electrons. The molecule has 3 aromatic heterocycles. The van der Waals surface area contributed by atoms with Crippen molar-refractivity contribution in [3.63, 3.8) is 0 Å². The van der Waals surface area contributed by atoms with Crippen LogP contribution in [0.2, 0.25) is 0 Å². The predicted octanol–water partition coefficient (Wildman–Crippen LogP) is 3.07.